The van der Waals surface area contributed by atoms with Gasteiger partial charge in [-0.15, -0.1) is 0 Å². The lowest BCUT2D eigenvalue weighted by Gasteiger charge is -2.37. The number of hydrazone groups is 1. The van der Waals surface area contributed by atoms with E-state index in [9.17, 15) is 19.6 Å². The van der Waals surface area contributed by atoms with Crippen LogP contribution in [0.4, 0.5) is 0 Å². The number of aldehydes is 1. The van der Waals surface area contributed by atoms with Gasteiger partial charge in [-0.25, -0.2) is 11.4 Å². The van der Waals surface area contributed by atoms with Crippen molar-refractivity contribution < 1.29 is 14.4 Å². The largest absolute Gasteiger partial charge is 0.385 e. The molecule has 1 saturated heterocycles. The fourth-order valence-electron chi connectivity index (χ4n) is 6.33. The lowest BCUT2D eigenvalue weighted by molar-refractivity contribution is -0.133. The Bertz CT molecular complexity index is 1360. The van der Waals surface area contributed by atoms with Gasteiger partial charge < -0.3 is 26.6 Å². The third-order valence-corrected chi connectivity index (χ3v) is 8.62. The van der Waals surface area contributed by atoms with Crippen molar-refractivity contribution in [3.05, 3.63) is 70.8 Å². The van der Waals surface area contributed by atoms with Gasteiger partial charge in [-0.2, -0.15) is 10.4 Å². The molecule has 2 amide bonds. The van der Waals surface area contributed by atoms with Crippen molar-refractivity contribution in [1.29, 1.82) is 5.26 Å². The minimum atomic E-state index is -1.04. The molecule has 0 aromatic heterocycles. The van der Waals surface area contributed by atoms with Crippen molar-refractivity contribution in [3.63, 3.8) is 0 Å². The first-order chi connectivity index (χ1) is 21.1. The van der Waals surface area contributed by atoms with Crippen molar-refractivity contribution in [2.75, 3.05) is 27.7 Å². The molecule has 6 atom stereocenters. The van der Waals surface area contributed by atoms with Crippen LogP contribution in [0.15, 0.2) is 53.6 Å². The van der Waals surface area contributed by atoms with Crippen LogP contribution in [0.3, 0.4) is 0 Å². The van der Waals surface area contributed by atoms with Crippen LogP contribution in [0.2, 0.25) is 0 Å². The van der Waals surface area contributed by atoms with Crippen molar-refractivity contribution in [3.8, 4) is 6.07 Å². The number of amidine groups is 1. The number of carbonyl (C=O) groups excluding carboxylic acids is 3. The molecule has 1 heterocycles. The van der Waals surface area contributed by atoms with Gasteiger partial charge in [0.2, 0.25) is 5.91 Å². The molecule has 8 N–H and O–H groups in total. The van der Waals surface area contributed by atoms with E-state index in [2.05, 4.69) is 39.6 Å². The number of piperidine rings is 1. The molecule has 1 aliphatic carbocycles. The number of nitrogens with zero attached hydrogens (tertiary/aromatic N) is 3. The van der Waals surface area contributed by atoms with Gasteiger partial charge in [0.25, 0.3) is 5.91 Å². The number of carbonyl (C=O) groups is 3. The number of benzene rings is 2. The summed E-state index contributed by atoms with van der Waals surface area (Å²) in [5, 5.41) is 22.6. The summed E-state index contributed by atoms with van der Waals surface area (Å²) >= 11 is 0. The van der Waals surface area contributed by atoms with E-state index in [4.69, 9.17) is 11.6 Å². The van der Waals surface area contributed by atoms with E-state index in [0.29, 0.717) is 35.8 Å². The normalized spacial score (nSPS) is 22.6. The summed E-state index contributed by atoms with van der Waals surface area (Å²) in [5.74, 6) is 6.30. The number of rotatable bonds is 11. The third-order valence-electron chi connectivity index (χ3n) is 8.62. The molecule has 236 valence electrons. The van der Waals surface area contributed by atoms with Crippen LogP contribution in [0.25, 0.3) is 0 Å². The Balaban J connectivity index is 0.00000169. The summed E-state index contributed by atoms with van der Waals surface area (Å²) in [6, 6.07) is 15.8. The number of fused-ring (bicyclic) bond motifs is 1. The Labute approximate surface area is 259 Å². The van der Waals surface area contributed by atoms with E-state index < -0.39 is 11.5 Å². The fraction of sp³-hybridized carbons (Fsp3) is 0.469. The summed E-state index contributed by atoms with van der Waals surface area (Å²) in [7, 11) is 5.31. The number of nitrogens with two attached hydrogens (primary N) is 2. The molecule has 0 radical (unpaired) electrons. The molecule has 1 saturated carbocycles. The Morgan fingerprint density at radius 3 is 2.23 bits per heavy atom. The van der Waals surface area contributed by atoms with Crippen molar-refractivity contribution in [2.45, 2.75) is 56.7 Å². The van der Waals surface area contributed by atoms with Crippen LogP contribution in [0.5, 0.6) is 0 Å². The molecule has 1 aliphatic heterocycles. The predicted octanol–water partition coefficient (Wildman–Crippen LogP) is 1.23. The summed E-state index contributed by atoms with van der Waals surface area (Å²) in [6.45, 7) is 4.15. The lowest BCUT2D eigenvalue weighted by Crippen LogP contribution is -2.51. The first-order valence-electron chi connectivity index (χ1n) is 14.8. The van der Waals surface area contributed by atoms with E-state index in [1.165, 1.54) is 0 Å². The van der Waals surface area contributed by atoms with Crippen molar-refractivity contribution in [2.24, 2.45) is 28.5 Å². The Morgan fingerprint density at radius 2 is 1.70 bits per heavy atom. The first kappa shape index (κ1) is 34.2. The second-order valence-corrected chi connectivity index (χ2v) is 11.5. The van der Waals surface area contributed by atoms with Gasteiger partial charge in [-0.3, -0.25) is 14.4 Å². The quantitative estimate of drug-likeness (QED) is 0.0721. The lowest BCUT2D eigenvalue weighted by atomic mass is 9.69. The van der Waals surface area contributed by atoms with E-state index in [-0.39, 0.29) is 36.3 Å². The number of likely N-dealkylation sites (tertiary alicyclic amines) is 1. The highest BCUT2D eigenvalue weighted by molar-refractivity contribution is 5.97. The highest BCUT2D eigenvalue weighted by Crippen LogP contribution is 2.50. The van der Waals surface area contributed by atoms with Gasteiger partial charge >= 0.3 is 0 Å². The monoisotopic (exact) mass is 603 g/mol. The zero-order chi connectivity index (χ0) is 32.4. The number of hydrazine groups is 1. The molecule has 0 spiro atoms. The predicted molar refractivity (Wildman–Crippen MR) is 170 cm³/mol. The molecule has 0 bridgehead atoms. The summed E-state index contributed by atoms with van der Waals surface area (Å²) in [4.78, 5) is 38.7. The maximum absolute atomic E-state index is 13.4. The molecule has 2 aromatic rings. The smallest absolute Gasteiger partial charge is 0.251 e. The van der Waals surface area contributed by atoms with Crippen LogP contribution < -0.4 is 33.1 Å². The van der Waals surface area contributed by atoms with Gasteiger partial charge in [0.1, 0.15) is 18.2 Å². The number of nitrogens with one attached hydrogen (secondary N) is 4. The van der Waals surface area contributed by atoms with Crippen LogP contribution >= 0.6 is 0 Å². The zero-order valence-electron chi connectivity index (χ0n) is 26.1. The SMILES string of the molecule is CNC.CNC(=O)c1ccc(C(C[C@@H](C)NCC(=O)N2C(C#N)CCC3C2[C@H]3C)(/C(N)=N/NN)c2ccc(C=O)cc2)cc1. The third kappa shape index (κ3) is 7.24. The van der Waals surface area contributed by atoms with Gasteiger partial charge in [0, 0.05) is 30.3 Å². The Kier molecular flexibility index (Phi) is 12.0. The highest BCUT2D eigenvalue weighted by Gasteiger charge is 2.56. The minimum absolute atomic E-state index is 0.0667. The second-order valence-electron chi connectivity index (χ2n) is 11.5. The number of hydrogen-bond acceptors (Lipinski definition) is 9. The zero-order valence-corrected chi connectivity index (χ0v) is 26.1. The molecule has 12 heteroatoms. The molecule has 2 fully saturated rings. The second kappa shape index (κ2) is 15.4. The van der Waals surface area contributed by atoms with E-state index in [1.54, 1.807) is 36.2 Å². The Morgan fingerprint density at radius 1 is 1.11 bits per heavy atom. The van der Waals surface area contributed by atoms with Gasteiger partial charge in [-0.1, -0.05) is 43.3 Å². The molecule has 4 rings (SSSR count). The van der Waals surface area contributed by atoms with E-state index >= 15 is 0 Å². The summed E-state index contributed by atoms with van der Waals surface area (Å²) in [5.41, 5.74) is 10.4. The van der Waals surface area contributed by atoms with Crippen LogP contribution in [-0.2, 0) is 10.2 Å². The first-order valence-corrected chi connectivity index (χ1v) is 14.8. The average Bonchev–Trinajstić information content (AvgIpc) is 3.71. The van der Waals surface area contributed by atoms with Gasteiger partial charge in [0.05, 0.1) is 18.0 Å². The standard InChI is InChI=1S/C30H38N8O3.C2H7N/c1-18(35-16-26(40)38-24(15-31)12-13-25-19(2)27(25)38)14-30(29(32)36-37-33,22-8-4-20(17-39)5-9-22)23-10-6-21(7-11-23)28(41)34-3;1-3-2/h4-11,17-19,24-25,27,35,37H,12-14,16,33H2,1-3H3,(H2,32,36)(H,34,41);3H,1-2H3/t18-,19+,24?,25?,27?,30?;/m1./s1. The highest BCUT2D eigenvalue weighted by atomic mass is 16.2. The number of amides is 2. The molecular weight excluding hydrogens is 558 g/mol. The number of hydrogen-bond donors (Lipinski definition) is 6. The van der Waals surface area contributed by atoms with Gasteiger partial charge in [-0.05, 0) is 75.4 Å². The van der Waals surface area contributed by atoms with Crippen molar-refractivity contribution in [1.82, 2.24) is 26.4 Å². The molecule has 2 aromatic carbocycles. The topological polar surface area (TPSA) is 191 Å². The molecule has 12 nitrogen and oxygen atoms in total. The Hall–Kier alpha value is -4.31. The van der Waals surface area contributed by atoms with Crippen LogP contribution in [-0.4, -0.2) is 74.6 Å². The number of nitriles is 1. The molecule has 44 heavy (non-hydrogen) atoms. The maximum atomic E-state index is 13.4. The fourth-order valence-corrected chi connectivity index (χ4v) is 6.33. The molecule has 4 unspecified atom stereocenters. The van der Waals surface area contributed by atoms with Crippen molar-refractivity contribution >= 4 is 23.9 Å². The van der Waals surface area contributed by atoms with Gasteiger partial charge in [0.15, 0.2) is 0 Å². The minimum Gasteiger partial charge on any atom is -0.385 e. The van der Waals surface area contributed by atoms with E-state index in [0.717, 1.165) is 23.8 Å². The summed E-state index contributed by atoms with van der Waals surface area (Å²) < 4.78 is 0. The maximum Gasteiger partial charge on any atom is 0.251 e. The molecule has 2 aliphatic rings. The average molecular weight is 604 g/mol. The molecular formula is C32H45N9O3. The summed E-state index contributed by atoms with van der Waals surface area (Å²) in [6.07, 6.45) is 2.81. The van der Waals surface area contributed by atoms with Crippen LogP contribution in [0.1, 0.15) is 65.0 Å². The van der Waals surface area contributed by atoms with Crippen LogP contribution in [0, 0.1) is 23.2 Å². The van der Waals surface area contributed by atoms with E-state index in [1.807, 2.05) is 45.3 Å².